The quantitative estimate of drug-likeness (QED) is 0.298. The van der Waals surface area contributed by atoms with Crippen molar-refractivity contribution in [3.8, 4) is 0 Å². The SMILES string of the molecule is Cn1ncc2c(N)nc3cc(F)c(C(=O)N(Cc4ccc(C(F)(F)F)cn4)NC(=O)[C@@H]4CC5CC4C5)cc3c21. The highest BCUT2D eigenvalue weighted by Gasteiger charge is 2.48. The molecule has 3 N–H and O–H groups in total. The standard InChI is InChI=1S/C26H23F4N7O2/c1-36-22-18-7-17(20(27)8-21(18)34-23(31)19(22)10-33-36)25(39)37(35-24(38)16-6-12-4-13(16)5-12)11-15-3-2-14(9-32-15)26(28,29)30/h2-3,7-10,12-13,16H,4-6,11H2,1H3,(H2,31,34)(H,35,38)/t12?,13?,16-/m1/s1. The third-order valence-electron chi connectivity index (χ3n) is 7.75. The minimum atomic E-state index is -4.58. The first kappa shape index (κ1) is 25.0. The summed E-state index contributed by atoms with van der Waals surface area (Å²) in [6.07, 6.45) is 0.175. The number of nitrogens with one attached hydrogen (secondary N) is 1. The van der Waals surface area contributed by atoms with Crippen LogP contribution in [0.2, 0.25) is 0 Å². The molecule has 3 saturated carbocycles. The molecule has 202 valence electrons. The van der Waals surface area contributed by atoms with Gasteiger partial charge in [-0.1, -0.05) is 0 Å². The lowest BCUT2D eigenvalue weighted by Crippen LogP contribution is -2.48. The fraction of sp³-hybridized carbons (Fsp3) is 0.346. The molecule has 3 aromatic heterocycles. The number of carbonyl (C=O) groups excluding carboxylic acids is 2. The number of rotatable bonds is 4. The summed E-state index contributed by atoms with van der Waals surface area (Å²) in [5.74, 6) is -1.60. The number of halogens is 4. The van der Waals surface area contributed by atoms with Crippen LogP contribution in [0.3, 0.4) is 0 Å². The minimum Gasteiger partial charge on any atom is -0.383 e. The molecule has 3 heterocycles. The molecule has 3 aliphatic carbocycles. The highest BCUT2D eigenvalue weighted by atomic mass is 19.4. The van der Waals surface area contributed by atoms with Gasteiger partial charge in [-0.2, -0.15) is 18.3 Å². The van der Waals surface area contributed by atoms with Gasteiger partial charge in [0.05, 0.1) is 46.0 Å². The Hall–Kier alpha value is -4.29. The van der Waals surface area contributed by atoms with Gasteiger partial charge in [-0.3, -0.25) is 24.7 Å². The molecule has 0 spiro atoms. The number of anilines is 1. The van der Waals surface area contributed by atoms with E-state index in [0.717, 1.165) is 36.0 Å². The average molecular weight is 542 g/mol. The second-order valence-corrected chi connectivity index (χ2v) is 10.2. The van der Waals surface area contributed by atoms with E-state index in [1.807, 2.05) is 0 Å². The number of amides is 2. The summed E-state index contributed by atoms with van der Waals surface area (Å²) in [6.45, 7) is -0.373. The van der Waals surface area contributed by atoms with Crippen molar-refractivity contribution in [3.05, 3.63) is 59.3 Å². The van der Waals surface area contributed by atoms with E-state index in [-0.39, 0.29) is 46.9 Å². The van der Waals surface area contributed by atoms with E-state index in [0.29, 0.717) is 34.8 Å². The third kappa shape index (κ3) is 4.31. The van der Waals surface area contributed by atoms with Crippen molar-refractivity contribution in [2.24, 2.45) is 24.8 Å². The summed E-state index contributed by atoms with van der Waals surface area (Å²) < 4.78 is 55.9. The molecule has 39 heavy (non-hydrogen) atoms. The van der Waals surface area contributed by atoms with E-state index in [1.54, 1.807) is 7.05 Å². The van der Waals surface area contributed by atoms with Gasteiger partial charge >= 0.3 is 6.18 Å². The molecular formula is C26H23F4N7O2. The van der Waals surface area contributed by atoms with E-state index in [9.17, 15) is 22.8 Å². The van der Waals surface area contributed by atoms with E-state index in [4.69, 9.17) is 5.73 Å². The Kier molecular flexibility index (Phi) is 5.70. The second-order valence-electron chi connectivity index (χ2n) is 10.2. The van der Waals surface area contributed by atoms with Crippen molar-refractivity contribution in [2.45, 2.75) is 32.0 Å². The summed E-state index contributed by atoms with van der Waals surface area (Å²) >= 11 is 0. The minimum absolute atomic E-state index is 0.0806. The number of fused-ring (bicyclic) bond motifs is 4. The maximum absolute atomic E-state index is 15.3. The van der Waals surface area contributed by atoms with Gasteiger partial charge in [0.2, 0.25) is 5.91 Å². The van der Waals surface area contributed by atoms with E-state index >= 15 is 4.39 Å². The van der Waals surface area contributed by atoms with E-state index in [2.05, 4.69) is 20.5 Å². The number of carbonyl (C=O) groups is 2. The molecule has 1 atom stereocenters. The molecule has 1 aromatic carbocycles. The van der Waals surface area contributed by atoms with Crippen LogP contribution in [0.5, 0.6) is 0 Å². The number of alkyl halides is 3. The van der Waals surface area contributed by atoms with E-state index in [1.165, 1.54) is 16.9 Å². The summed E-state index contributed by atoms with van der Waals surface area (Å²) in [5.41, 5.74) is 8.11. The molecule has 0 unspecified atom stereocenters. The van der Waals surface area contributed by atoms with Crippen molar-refractivity contribution in [2.75, 3.05) is 5.73 Å². The number of aromatic nitrogens is 4. The first-order valence-corrected chi connectivity index (χ1v) is 12.3. The van der Waals surface area contributed by atoms with Crippen LogP contribution in [0, 0.1) is 23.6 Å². The molecule has 4 aromatic rings. The molecule has 0 radical (unpaired) electrons. The van der Waals surface area contributed by atoms with Crippen LogP contribution in [-0.4, -0.2) is 36.6 Å². The van der Waals surface area contributed by atoms with Gasteiger partial charge < -0.3 is 5.73 Å². The Labute approximate surface area is 219 Å². The van der Waals surface area contributed by atoms with E-state index < -0.39 is 23.5 Å². The number of nitrogens with zero attached hydrogens (tertiary/aromatic N) is 5. The summed E-state index contributed by atoms with van der Waals surface area (Å²) in [7, 11) is 1.67. The molecule has 3 fully saturated rings. The molecular weight excluding hydrogens is 518 g/mol. The zero-order valence-corrected chi connectivity index (χ0v) is 20.7. The topological polar surface area (TPSA) is 119 Å². The zero-order valence-electron chi connectivity index (χ0n) is 20.7. The first-order valence-electron chi connectivity index (χ1n) is 12.3. The number of pyridine rings is 2. The summed E-state index contributed by atoms with van der Waals surface area (Å²) in [4.78, 5) is 34.9. The van der Waals surface area contributed by atoms with Crippen LogP contribution in [0.15, 0.2) is 36.7 Å². The van der Waals surface area contributed by atoms with Crippen molar-refractivity contribution in [1.29, 1.82) is 0 Å². The number of aryl methyl sites for hydroxylation is 1. The van der Waals surface area contributed by atoms with Crippen molar-refractivity contribution in [1.82, 2.24) is 30.2 Å². The number of hydrogen-bond acceptors (Lipinski definition) is 6. The normalized spacial score (nSPS) is 20.3. The van der Waals surface area contributed by atoms with Crippen molar-refractivity contribution in [3.63, 3.8) is 0 Å². The van der Waals surface area contributed by atoms with Gasteiger partial charge in [-0.25, -0.2) is 14.4 Å². The van der Waals surface area contributed by atoms with Gasteiger partial charge in [-0.05, 0) is 49.3 Å². The molecule has 3 aliphatic rings. The fourth-order valence-corrected chi connectivity index (χ4v) is 5.70. The highest BCUT2D eigenvalue weighted by molar-refractivity contribution is 6.10. The molecule has 2 bridgehead atoms. The molecule has 0 aliphatic heterocycles. The highest BCUT2D eigenvalue weighted by Crippen LogP contribution is 2.52. The number of nitrogen functional groups attached to an aromatic ring is 1. The number of nitrogens with two attached hydrogens (primary N) is 1. The fourth-order valence-electron chi connectivity index (χ4n) is 5.70. The maximum atomic E-state index is 15.3. The van der Waals surface area contributed by atoms with Crippen LogP contribution < -0.4 is 11.2 Å². The predicted molar refractivity (Wildman–Crippen MR) is 132 cm³/mol. The molecule has 13 heteroatoms. The van der Waals surface area contributed by atoms with Crippen LogP contribution in [0.1, 0.15) is 40.9 Å². The smallest absolute Gasteiger partial charge is 0.383 e. The Bertz CT molecular complexity index is 1630. The van der Waals surface area contributed by atoms with Crippen molar-refractivity contribution < 1.29 is 27.2 Å². The lowest BCUT2D eigenvalue weighted by atomic mass is 9.82. The second kappa shape index (κ2) is 8.89. The van der Waals surface area contributed by atoms with Crippen LogP contribution >= 0.6 is 0 Å². The average Bonchev–Trinajstić information content (AvgIpc) is 3.58. The molecule has 7 rings (SSSR count). The lowest BCUT2D eigenvalue weighted by molar-refractivity contribution is -0.137. The van der Waals surface area contributed by atoms with Crippen LogP contribution in [0.25, 0.3) is 21.8 Å². The maximum Gasteiger partial charge on any atom is 0.417 e. The summed E-state index contributed by atoms with van der Waals surface area (Å²) in [6, 6.07) is 4.34. The number of benzene rings is 1. The Morgan fingerprint density at radius 3 is 2.56 bits per heavy atom. The number of hydrogen-bond donors (Lipinski definition) is 2. The third-order valence-corrected chi connectivity index (χ3v) is 7.75. The Balaban J connectivity index is 1.37. The zero-order chi connectivity index (χ0) is 27.6. The van der Waals surface area contributed by atoms with Gasteiger partial charge in [0.25, 0.3) is 5.91 Å². The lowest BCUT2D eigenvalue weighted by Gasteiger charge is -2.27. The largest absolute Gasteiger partial charge is 0.417 e. The van der Waals surface area contributed by atoms with Crippen LogP contribution in [0.4, 0.5) is 23.4 Å². The molecule has 2 amide bonds. The monoisotopic (exact) mass is 541 g/mol. The van der Waals surface area contributed by atoms with Crippen molar-refractivity contribution >= 4 is 39.4 Å². The number of hydrazine groups is 1. The predicted octanol–water partition coefficient (Wildman–Crippen LogP) is 3.98. The molecule has 0 saturated heterocycles. The molecule has 9 nitrogen and oxygen atoms in total. The Morgan fingerprint density at radius 2 is 1.92 bits per heavy atom. The van der Waals surface area contributed by atoms with Gasteiger partial charge in [0.15, 0.2) is 0 Å². The van der Waals surface area contributed by atoms with Gasteiger partial charge in [0.1, 0.15) is 11.6 Å². The van der Waals surface area contributed by atoms with Crippen LogP contribution in [-0.2, 0) is 24.6 Å². The summed E-state index contributed by atoms with van der Waals surface area (Å²) in [5, 5.41) is 6.02. The first-order chi connectivity index (χ1) is 18.5. The van der Waals surface area contributed by atoms with Gasteiger partial charge in [-0.15, -0.1) is 0 Å². The van der Waals surface area contributed by atoms with Gasteiger partial charge in [0, 0.05) is 30.6 Å². The Morgan fingerprint density at radius 1 is 1.15 bits per heavy atom.